The molecule has 5 nitrogen and oxygen atoms in total. The monoisotopic (exact) mass is 582 g/mol. The standard InChI is InChI=1S/C36H71NO4/c1-4-6-8-10-12-14-16-18-20-22-25-34(26-23-21-19-17-15-13-11-9-7-5-2)33-37-36(39)29-28-35(38)27-24-30-41-32-31-40-3/h34H,4-33H2,1-3H3,(H,37,39). The third-order valence-corrected chi connectivity index (χ3v) is 8.33. The number of unbranched alkanes of at least 4 members (excludes halogenated alkanes) is 18. The zero-order valence-electron chi connectivity index (χ0n) is 27.9. The number of nitrogens with one attached hydrogen (secondary N) is 1. The van der Waals surface area contributed by atoms with Gasteiger partial charge in [-0.3, -0.25) is 9.59 Å². The molecule has 0 aromatic carbocycles. The third-order valence-electron chi connectivity index (χ3n) is 8.33. The van der Waals surface area contributed by atoms with Crippen LogP contribution in [0.2, 0.25) is 0 Å². The Labute approximate surface area is 256 Å². The quantitative estimate of drug-likeness (QED) is 0.0768. The lowest BCUT2D eigenvalue weighted by Crippen LogP contribution is -2.29. The lowest BCUT2D eigenvalue weighted by atomic mass is 9.93. The molecule has 0 bridgehead atoms. The van der Waals surface area contributed by atoms with Gasteiger partial charge in [0.25, 0.3) is 0 Å². The summed E-state index contributed by atoms with van der Waals surface area (Å²) in [7, 11) is 1.65. The fourth-order valence-corrected chi connectivity index (χ4v) is 5.53. The third kappa shape index (κ3) is 31.8. The summed E-state index contributed by atoms with van der Waals surface area (Å²) in [6, 6.07) is 0. The zero-order chi connectivity index (χ0) is 30.1. The number of methoxy groups -OCH3 is 1. The highest BCUT2D eigenvalue weighted by atomic mass is 16.5. The van der Waals surface area contributed by atoms with Gasteiger partial charge < -0.3 is 14.8 Å². The number of hydrogen-bond donors (Lipinski definition) is 1. The summed E-state index contributed by atoms with van der Waals surface area (Å²) in [5, 5.41) is 3.17. The maximum Gasteiger partial charge on any atom is 0.220 e. The normalized spacial score (nSPS) is 11.4. The van der Waals surface area contributed by atoms with Crippen LogP contribution in [0.1, 0.15) is 181 Å². The van der Waals surface area contributed by atoms with Gasteiger partial charge in [0.15, 0.2) is 0 Å². The number of carbonyl (C=O) groups excluding carboxylic acids is 2. The fraction of sp³-hybridized carbons (Fsp3) is 0.944. The Hall–Kier alpha value is -0.940. The van der Waals surface area contributed by atoms with Gasteiger partial charge in [0.1, 0.15) is 5.78 Å². The first-order valence-electron chi connectivity index (χ1n) is 18.0. The van der Waals surface area contributed by atoms with Crippen molar-refractivity contribution in [3.05, 3.63) is 0 Å². The molecule has 0 heterocycles. The van der Waals surface area contributed by atoms with Crippen LogP contribution in [0.4, 0.5) is 0 Å². The van der Waals surface area contributed by atoms with Crippen LogP contribution in [-0.2, 0) is 19.1 Å². The van der Waals surface area contributed by atoms with Crippen molar-refractivity contribution in [1.82, 2.24) is 5.32 Å². The fourth-order valence-electron chi connectivity index (χ4n) is 5.53. The molecule has 0 fully saturated rings. The molecule has 0 aromatic heterocycles. The van der Waals surface area contributed by atoms with E-state index in [0.29, 0.717) is 51.4 Å². The minimum atomic E-state index is 0.0332. The molecular formula is C36H71NO4. The minimum Gasteiger partial charge on any atom is -0.382 e. The molecule has 1 amide bonds. The van der Waals surface area contributed by atoms with E-state index in [-0.39, 0.29) is 11.7 Å². The van der Waals surface area contributed by atoms with Crippen molar-refractivity contribution < 1.29 is 19.1 Å². The van der Waals surface area contributed by atoms with Crippen LogP contribution in [0.5, 0.6) is 0 Å². The SMILES string of the molecule is CCCCCCCCCCCCC(CCCCCCCCCCCC)CNC(=O)CCC(=O)CCCOCCOC. The molecule has 0 aliphatic heterocycles. The van der Waals surface area contributed by atoms with Crippen LogP contribution < -0.4 is 5.32 Å². The number of hydrogen-bond acceptors (Lipinski definition) is 4. The van der Waals surface area contributed by atoms with E-state index in [0.717, 1.165) is 6.54 Å². The first-order chi connectivity index (χ1) is 20.1. The van der Waals surface area contributed by atoms with Crippen molar-refractivity contribution in [3.63, 3.8) is 0 Å². The van der Waals surface area contributed by atoms with Crippen LogP contribution in [0, 0.1) is 5.92 Å². The van der Waals surface area contributed by atoms with E-state index in [9.17, 15) is 9.59 Å². The average molecular weight is 582 g/mol. The van der Waals surface area contributed by atoms with Crippen molar-refractivity contribution >= 4 is 11.7 Å². The molecule has 41 heavy (non-hydrogen) atoms. The van der Waals surface area contributed by atoms with E-state index in [1.807, 2.05) is 0 Å². The van der Waals surface area contributed by atoms with Gasteiger partial charge in [0, 0.05) is 39.5 Å². The number of ether oxygens (including phenoxy) is 2. The second kappa shape index (κ2) is 33.6. The summed E-state index contributed by atoms with van der Waals surface area (Å²) in [5.74, 6) is 0.760. The van der Waals surface area contributed by atoms with Crippen molar-refractivity contribution in [2.24, 2.45) is 5.92 Å². The van der Waals surface area contributed by atoms with Crippen LogP contribution in [0.15, 0.2) is 0 Å². The maximum atomic E-state index is 12.5. The Kier molecular flexibility index (Phi) is 32.8. The van der Waals surface area contributed by atoms with Gasteiger partial charge in [0.2, 0.25) is 5.91 Å². The van der Waals surface area contributed by atoms with Crippen LogP contribution >= 0.6 is 0 Å². The second-order valence-corrected chi connectivity index (χ2v) is 12.4. The van der Waals surface area contributed by atoms with Crippen molar-refractivity contribution in [2.75, 3.05) is 33.5 Å². The van der Waals surface area contributed by atoms with E-state index in [1.165, 1.54) is 141 Å². The Balaban J connectivity index is 4.15. The predicted molar refractivity (Wildman–Crippen MR) is 176 cm³/mol. The summed E-state index contributed by atoms with van der Waals surface area (Å²) in [6.45, 7) is 7.04. The predicted octanol–water partition coefficient (Wildman–Crippen LogP) is 10.1. The lowest BCUT2D eigenvalue weighted by molar-refractivity contribution is -0.125. The molecule has 0 aliphatic carbocycles. The summed E-state index contributed by atoms with van der Waals surface area (Å²) in [4.78, 5) is 24.6. The highest BCUT2D eigenvalue weighted by Gasteiger charge is 2.12. The molecule has 0 radical (unpaired) electrons. The summed E-state index contributed by atoms with van der Waals surface area (Å²) < 4.78 is 10.4. The van der Waals surface area contributed by atoms with Gasteiger partial charge in [-0.15, -0.1) is 0 Å². The molecule has 0 atom stereocenters. The largest absolute Gasteiger partial charge is 0.382 e. The van der Waals surface area contributed by atoms with Crippen LogP contribution in [0.25, 0.3) is 0 Å². The Morgan fingerprint density at radius 3 is 1.46 bits per heavy atom. The first kappa shape index (κ1) is 40.1. The Morgan fingerprint density at radius 1 is 0.537 bits per heavy atom. The molecular weight excluding hydrogens is 510 g/mol. The molecule has 0 saturated carbocycles. The van der Waals surface area contributed by atoms with Gasteiger partial charge >= 0.3 is 0 Å². The van der Waals surface area contributed by atoms with Crippen LogP contribution in [0.3, 0.4) is 0 Å². The topological polar surface area (TPSA) is 64.6 Å². The summed E-state index contributed by atoms with van der Waals surface area (Å²) in [5.41, 5.74) is 0. The van der Waals surface area contributed by atoms with Gasteiger partial charge in [-0.25, -0.2) is 0 Å². The van der Waals surface area contributed by atoms with Gasteiger partial charge in [-0.1, -0.05) is 142 Å². The summed E-state index contributed by atoms with van der Waals surface area (Å²) >= 11 is 0. The van der Waals surface area contributed by atoms with E-state index in [2.05, 4.69) is 19.2 Å². The molecule has 5 heteroatoms. The number of ketones is 1. The highest BCUT2D eigenvalue weighted by molar-refractivity contribution is 5.84. The molecule has 244 valence electrons. The zero-order valence-corrected chi connectivity index (χ0v) is 27.9. The molecule has 1 N–H and O–H groups in total. The number of Topliss-reactive ketones (excluding diaryl/α,β-unsaturated/α-hetero) is 1. The van der Waals surface area contributed by atoms with E-state index in [4.69, 9.17) is 9.47 Å². The van der Waals surface area contributed by atoms with Crippen molar-refractivity contribution in [3.8, 4) is 0 Å². The minimum absolute atomic E-state index is 0.0332. The van der Waals surface area contributed by atoms with Gasteiger partial charge in [-0.2, -0.15) is 0 Å². The van der Waals surface area contributed by atoms with Crippen molar-refractivity contribution in [2.45, 2.75) is 181 Å². The average Bonchev–Trinajstić information content (AvgIpc) is 2.98. The van der Waals surface area contributed by atoms with E-state index >= 15 is 0 Å². The maximum absolute atomic E-state index is 12.5. The van der Waals surface area contributed by atoms with Gasteiger partial charge in [-0.05, 0) is 25.2 Å². The van der Waals surface area contributed by atoms with Crippen molar-refractivity contribution in [1.29, 1.82) is 0 Å². The first-order valence-corrected chi connectivity index (χ1v) is 18.0. The molecule has 0 spiro atoms. The molecule has 0 unspecified atom stereocenters. The summed E-state index contributed by atoms with van der Waals surface area (Å²) in [6.07, 6.45) is 31.6. The van der Waals surface area contributed by atoms with E-state index in [1.54, 1.807) is 7.11 Å². The number of carbonyl (C=O) groups is 2. The van der Waals surface area contributed by atoms with E-state index < -0.39 is 0 Å². The molecule has 0 aromatic rings. The molecule has 0 rings (SSSR count). The smallest absolute Gasteiger partial charge is 0.220 e. The highest BCUT2D eigenvalue weighted by Crippen LogP contribution is 2.20. The Bertz CT molecular complexity index is 530. The second-order valence-electron chi connectivity index (χ2n) is 12.4. The Morgan fingerprint density at radius 2 is 1.00 bits per heavy atom. The van der Waals surface area contributed by atoms with Gasteiger partial charge in [0.05, 0.1) is 13.2 Å². The molecule has 0 aliphatic rings. The molecule has 0 saturated heterocycles. The van der Waals surface area contributed by atoms with Crippen LogP contribution in [-0.4, -0.2) is 45.2 Å². The lowest BCUT2D eigenvalue weighted by Gasteiger charge is -2.18. The number of rotatable bonds is 34. The number of amides is 1.